The quantitative estimate of drug-likeness (QED) is 0.528. The van der Waals surface area contributed by atoms with Crippen molar-refractivity contribution in [1.82, 2.24) is 4.31 Å². The number of phenolic OH excluding ortho intramolecular Hbond substituents is 1. The van der Waals surface area contributed by atoms with Gasteiger partial charge in [0.2, 0.25) is 10.0 Å². The maximum atomic E-state index is 13.1. The maximum absolute atomic E-state index is 13.1. The van der Waals surface area contributed by atoms with Gasteiger partial charge in [-0.3, -0.25) is 4.79 Å². The van der Waals surface area contributed by atoms with E-state index in [0.717, 1.165) is 38.5 Å². The minimum absolute atomic E-state index is 0.0246. The molecule has 1 aliphatic rings. The summed E-state index contributed by atoms with van der Waals surface area (Å²) in [5.74, 6) is -0.656. The smallest absolute Gasteiger partial charge is 0.255 e. The summed E-state index contributed by atoms with van der Waals surface area (Å²) in [4.78, 5) is 12.7. The van der Waals surface area contributed by atoms with E-state index in [2.05, 4.69) is 5.32 Å². The molecular weight excluding hydrogens is 412 g/mol. The molecule has 0 aliphatic heterocycles. The Hall–Kier alpha value is -2.09. The van der Waals surface area contributed by atoms with Gasteiger partial charge in [-0.05, 0) is 49.2 Å². The fraction of sp³-hybridized carbons (Fsp3) is 0.381. The lowest BCUT2D eigenvalue weighted by molar-refractivity contribution is 0.102. The molecule has 2 aromatic rings. The summed E-state index contributed by atoms with van der Waals surface area (Å²) in [7, 11) is -2.10. The zero-order valence-corrected chi connectivity index (χ0v) is 17.8. The van der Waals surface area contributed by atoms with Crippen molar-refractivity contribution in [1.29, 1.82) is 0 Å². The van der Waals surface area contributed by atoms with E-state index >= 15 is 0 Å². The Labute approximate surface area is 176 Å². The van der Waals surface area contributed by atoms with Gasteiger partial charge in [0.05, 0.1) is 10.6 Å². The highest BCUT2D eigenvalue weighted by atomic mass is 35.5. The van der Waals surface area contributed by atoms with E-state index in [0.29, 0.717) is 5.02 Å². The van der Waals surface area contributed by atoms with Gasteiger partial charge in [-0.15, -0.1) is 0 Å². The van der Waals surface area contributed by atoms with Crippen LogP contribution in [0.5, 0.6) is 5.75 Å². The van der Waals surface area contributed by atoms with Crippen LogP contribution in [0.15, 0.2) is 47.4 Å². The molecule has 156 valence electrons. The van der Waals surface area contributed by atoms with Crippen LogP contribution < -0.4 is 5.32 Å². The fourth-order valence-electron chi connectivity index (χ4n) is 3.58. The molecule has 1 aliphatic carbocycles. The summed E-state index contributed by atoms with van der Waals surface area (Å²) in [5.41, 5.74) is 0.339. The number of hydrogen-bond donors (Lipinski definition) is 2. The number of hydrogen-bond acceptors (Lipinski definition) is 4. The third kappa shape index (κ3) is 5.10. The van der Waals surface area contributed by atoms with Gasteiger partial charge in [0.15, 0.2) is 0 Å². The van der Waals surface area contributed by atoms with Crippen molar-refractivity contribution in [3.05, 3.63) is 53.1 Å². The van der Waals surface area contributed by atoms with Gasteiger partial charge < -0.3 is 10.4 Å². The van der Waals surface area contributed by atoms with Crippen LogP contribution in [0.2, 0.25) is 5.02 Å². The fourth-order valence-corrected chi connectivity index (χ4v) is 5.22. The van der Waals surface area contributed by atoms with Gasteiger partial charge in [0.25, 0.3) is 5.91 Å². The number of aromatic hydroxyl groups is 1. The van der Waals surface area contributed by atoms with Crippen LogP contribution in [0, 0.1) is 0 Å². The molecule has 0 radical (unpaired) electrons. The Morgan fingerprint density at radius 3 is 2.48 bits per heavy atom. The molecule has 0 bridgehead atoms. The minimum atomic E-state index is -3.72. The van der Waals surface area contributed by atoms with Crippen molar-refractivity contribution in [2.75, 3.05) is 12.4 Å². The topological polar surface area (TPSA) is 86.7 Å². The molecule has 1 amide bonds. The maximum Gasteiger partial charge on any atom is 0.255 e. The van der Waals surface area contributed by atoms with Gasteiger partial charge in [0, 0.05) is 23.7 Å². The predicted octanol–water partition coefficient (Wildman–Crippen LogP) is 4.64. The molecule has 6 nitrogen and oxygen atoms in total. The summed E-state index contributed by atoms with van der Waals surface area (Å²) in [6, 6.07) is 10.2. The number of anilines is 1. The van der Waals surface area contributed by atoms with E-state index in [1.54, 1.807) is 13.1 Å². The normalized spacial score (nSPS) is 15.8. The van der Waals surface area contributed by atoms with Gasteiger partial charge in [-0.2, -0.15) is 4.31 Å². The molecule has 0 atom stereocenters. The first-order valence-corrected chi connectivity index (χ1v) is 11.5. The van der Waals surface area contributed by atoms with Crippen molar-refractivity contribution in [2.24, 2.45) is 0 Å². The number of benzene rings is 2. The van der Waals surface area contributed by atoms with Crippen molar-refractivity contribution < 1.29 is 18.3 Å². The zero-order chi connectivity index (χ0) is 21.0. The molecule has 1 saturated carbocycles. The highest BCUT2D eigenvalue weighted by molar-refractivity contribution is 7.89. The monoisotopic (exact) mass is 436 g/mol. The summed E-state index contributed by atoms with van der Waals surface area (Å²) < 4.78 is 27.7. The lowest BCUT2D eigenvalue weighted by atomic mass is 10.1. The average Bonchev–Trinajstić information content (AvgIpc) is 2.99. The van der Waals surface area contributed by atoms with E-state index in [1.807, 2.05) is 0 Å². The molecule has 2 N–H and O–H groups in total. The van der Waals surface area contributed by atoms with E-state index in [9.17, 15) is 18.3 Å². The molecule has 29 heavy (non-hydrogen) atoms. The Morgan fingerprint density at radius 2 is 1.79 bits per heavy atom. The minimum Gasteiger partial charge on any atom is -0.506 e. The molecule has 1 fully saturated rings. The predicted molar refractivity (Wildman–Crippen MR) is 114 cm³/mol. The molecule has 8 heteroatoms. The number of phenols is 1. The largest absolute Gasteiger partial charge is 0.506 e. The number of sulfonamides is 1. The van der Waals surface area contributed by atoms with Gasteiger partial charge in [0.1, 0.15) is 5.75 Å². The number of amides is 1. The van der Waals surface area contributed by atoms with E-state index in [-0.39, 0.29) is 27.9 Å². The van der Waals surface area contributed by atoms with Gasteiger partial charge >= 0.3 is 0 Å². The Kier molecular flexibility index (Phi) is 6.82. The zero-order valence-electron chi connectivity index (χ0n) is 16.3. The first-order chi connectivity index (χ1) is 13.8. The third-order valence-corrected chi connectivity index (χ3v) is 7.46. The van der Waals surface area contributed by atoms with Crippen LogP contribution in [0.4, 0.5) is 5.69 Å². The van der Waals surface area contributed by atoms with Crippen molar-refractivity contribution in [3.8, 4) is 5.75 Å². The summed E-state index contributed by atoms with van der Waals surface area (Å²) >= 11 is 5.90. The van der Waals surface area contributed by atoms with Crippen molar-refractivity contribution in [3.63, 3.8) is 0 Å². The molecule has 0 aromatic heterocycles. The van der Waals surface area contributed by atoms with E-state index < -0.39 is 15.9 Å². The van der Waals surface area contributed by atoms with Gasteiger partial charge in [-0.1, -0.05) is 43.4 Å². The van der Waals surface area contributed by atoms with Crippen LogP contribution in [0.1, 0.15) is 48.9 Å². The molecule has 2 aromatic carbocycles. The molecule has 0 spiro atoms. The number of rotatable bonds is 5. The molecule has 0 saturated heterocycles. The van der Waals surface area contributed by atoms with Crippen molar-refractivity contribution >= 4 is 33.2 Å². The summed E-state index contributed by atoms with van der Waals surface area (Å²) in [5, 5.41) is 12.8. The van der Waals surface area contributed by atoms with Crippen LogP contribution in [-0.4, -0.2) is 36.8 Å². The number of carbonyl (C=O) groups excluding carboxylic acids is 1. The van der Waals surface area contributed by atoms with Crippen LogP contribution in [0.25, 0.3) is 0 Å². The first-order valence-electron chi connectivity index (χ1n) is 9.67. The first kappa shape index (κ1) is 21.6. The lowest BCUT2D eigenvalue weighted by Gasteiger charge is -2.26. The molecular formula is C21H25ClN2O4S. The Balaban J connectivity index is 1.82. The van der Waals surface area contributed by atoms with E-state index in [4.69, 9.17) is 11.6 Å². The van der Waals surface area contributed by atoms with E-state index in [1.165, 1.54) is 40.7 Å². The summed E-state index contributed by atoms with van der Waals surface area (Å²) in [6.07, 6.45) is 6.02. The average molecular weight is 437 g/mol. The SMILES string of the molecule is CN(C1CCCCCC1)S(=O)(=O)c1cccc(C(=O)Nc2cc(Cl)ccc2O)c1. The summed E-state index contributed by atoms with van der Waals surface area (Å²) in [6.45, 7) is 0. The van der Waals surface area contributed by atoms with Crippen LogP contribution >= 0.6 is 11.6 Å². The number of halogens is 1. The third-order valence-electron chi connectivity index (χ3n) is 5.32. The second-order valence-corrected chi connectivity index (χ2v) is 9.74. The number of carbonyl (C=O) groups is 1. The van der Waals surface area contributed by atoms with Gasteiger partial charge in [-0.25, -0.2) is 8.42 Å². The Morgan fingerprint density at radius 1 is 1.10 bits per heavy atom. The van der Waals surface area contributed by atoms with Crippen LogP contribution in [-0.2, 0) is 10.0 Å². The lowest BCUT2D eigenvalue weighted by Crippen LogP contribution is -2.36. The molecule has 3 rings (SSSR count). The number of nitrogens with one attached hydrogen (secondary N) is 1. The number of nitrogens with zero attached hydrogens (tertiary/aromatic N) is 1. The highest BCUT2D eigenvalue weighted by Gasteiger charge is 2.29. The molecule has 0 heterocycles. The highest BCUT2D eigenvalue weighted by Crippen LogP contribution is 2.28. The second-order valence-electron chi connectivity index (χ2n) is 7.31. The standard InChI is InChI=1S/C21H25ClN2O4S/c1-24(17-8-4-2-3-5-9-17)29(27,28)18-10-6-7-15(13-18)21(26)23-19-14-16(22)11-12-20(19)25/h6-7,10-14,17,25H,2-5,8-9H2,1H3,(H,23,26). The van der Waals surface area contributed by atoms with Crippen molar-refractivity contribution in [2.45, 2.75) is 49.5 Å². The van der Waals surface area contributed by atoms with Crippen LogP contribution in [0.3, 0.4) is 0 Å². The second kappa shape index (κ2) is 9.15. The Bertz CT molecular complexity index is 986. The molecule has 0 unspecified atom stereocenters.